The zero-order valence-corrected chi connectivity index (χ0v) is 14.1. The van der Waals surface area contributed by atoms with Crippen LogP contribution < -0.4 is 10.1 Å². The molecule has 6 heteroatoms. The average molecular weight is 336 g/mol. The minimum atomic E-state index is -0.595. The zero-order chi connectivity index (χ0) is 16.8. The van der Waals surface area contributed by atoms with Gasteiger partial charge in [-0.15, -0.1) is 0 Å². The topological polar surface area (TPSA) is 59.3 Å². The zero-order valence-electron chi connectivity index (χ0n) is 13.4. The van der Waals surface area contributed by atoms with E-state index in [0.717, 1.165) is 5.56 Å². The predicted molar refractivity (Wildman–Crippen MR) is 92.8 cm³/mol. The maximum absolute atomic E-state index is 9.98. The summed E-state index contributed by atoms with van der Waals surface area (Å²) >= 11 is 6.09. The van der Waals surface area contributed by atoms with Crippen LogP contribution >= 0.6 is 11.6 Å². The Labute approximate surface area is 141 Å². The smallest absolute Gasteiger partial charge is 0.128 e. The first-order chi connectivity index (χ1) is 11.0. The molecule has 0 saturated carbocycles. The Kier molecular flexibility index (Phi) is 6.21. The van der Waals surface area contributed by atoms with Crippen molar-refractivity contribution in [1.29, 1.82) is 0 Å². The Balaban J connectivity index is 2.08. The van der Waals surface area contributed by atoms with Gasteiger partial charge < -0.3 is 19.7 Å². The van der Waals surface area contributed by atoms with Gasteiger partial charge in [0.1, 0.15) is 18.5 Å². The molecule has 2 N–H and O–H groups in total. The first-order valence-electron chi connectivity index (χ1n) is 7.48. The standard InChI is InChI=1S/C17H22ClN3O2/c1-12(2)20-9-15(22)10-23-17-5-4-14(18)8-16(17)13(3)21-7-6-19-11-21/h4-8,11-12,15,20,22H,3,9-10H2,1-2H3. The number of hydrogen-bond acceptors (Lipinski definition) is 4. The van der Waals surface area contributed by atoms with Crippen molar-refractivity contribution in [2.45, 2.75) is 26.0 Å². The fourth-order valence-electron chi connectivity index (χ4n) is 2.03. The number of imidazole rings is 1. The van der Waals surface area contributed by atoms with Crippen molar-refractivity contribution in [1.82, 2.24) is 14.9 Å². The molecule has 0 aliphatic heterocycles. The van der Waals surface area contributed by atoms with E-state index in [2.05, 4.69) is 16.9 Å². The SMILES string of the molecule is C=C(c1cc(Cl)ccc1OCC(O)CNC(C)C)n1ccnc1. The number of nitrogens with one attached hydrogen (secondary N) is 1. The molecule has 0 spiro atoms. The van der Waals surface area contributed by atoms with Crippen LogP contribution in [-0.2, 0) is 0 Å². The molecule has 1 atom stereocenters. The van der Waals surface area contributed by atoms with Gasteiger partial charge in [-0.1, -0.05) is 32.0 Å². The minimum absolute atomic E-state index is 0.186. The summed E-state index contributed by atoms with van der Waals surface area (Å²) in [7, 11) is 0. The number of hydrogen-bond donors (Lipinski definition) is 2. The summed E-state index contributed by atoms with van der Waals surface area (Å²) in [5.41, 5.74) is 1.47. The molecule has 0 bridgehead atoms. The van der Waals surface area contributed by atoms with Crippen LogP contribution in [0.15, 0.2) is 43.5 Å². The normalized spacial score (nSPS) is 12.4. The Morgan fingerprint density at radius 3 is 2.91 bits per heavy atom. The molecule has 0 aliphatic carbocycles. The quantitative estimate of drug-likeness (QED) is 0.779. The molecule has 2 rings (SSSR count). The minimum Gasteiger partial charge on any atom is -0.490 e. The summed E-state index contributed by atoms with van der Waals surface area (Å²) in [5.74, 6) is 0.622. The van der Waals surface area contributed by atoms with E-state index in [-0.39, 0.29) is 6.61 Å². The molecule has 0 amide bonds. The van der Waals surface area contributed by atoms with Gasteiger partial charge in [-0.3, -0.25) is 0 Å². The molecule has 1 aromatic carbocycles. The summed E-state index contributed by atoms with van der Waals surface area (Å²) in [6.07, 6.45) is 4.54. The molecule has 0 radical (unpaired) electrons. The number of aliphatic hydroxyl groups is 1. The van der Waals surface area contributed by atoms with Gasteiger partial charge in [-0.25, -0.2) is 4.98 Å². The van der Waals surface area contributed by atoms with E-state index < -0.39 is 6.10 Å². The highest BCUT2D eigenvalue weighted by molar-refractivity contribution is 6.30. The van der Waals surface area contributed by atoms with Gasteiger partial charge in [0.2, 0.25) is 0 Å². The van der Waals surface area contributed by atoms with Gasteiger partial charge in [0.25, 0.3) is 0 Å². The lowest BCUT2D eigenvalue weighted by atomic mass is 10.1. The summed E-state index contributed by atoms with van der Waals surface area (Å²) in [4.78, 5) is 4.02. The van der Waals surface area contributed by atoms with Crippen molar-refractivity contribution in [2.24, 2.45) is 0 Å². The Morgan fingerprint density at radius 2 is 2.26 bits per heavy atom. The molecule has 23 heavy (non-hydrogen) atoms. The molecule has 1 aromatic heterocycles. The lowest BCUT2D eigenvalue weighted by Crippen LogP contribution is -2.35. The first-order valence-corrected chi connectivity index (χ1v) is 7.86. The van der Waals surface area contributed by atoms with Crippen molar-refractivity contribution in [2.75, 3.05) is 13.2 Å². The number of rotatable bonds is 8. The molecule has 5 nitrogen and oxygen atoms in total. The first kappa shape index (κ1) is 17.5. The number of ether oxygens (including phenoxy) is 1. The molecule has 1 heterocycles. The van der Waals surface area contributed by atoms with E-state index in [9.17, 15) is 5.11 Å². The molecule has 0 aliphatic rings. The lowest BCUT2D eigenvalue weighted by molar-refractivity contribution is 0.104. The summed E-state index contributed by atoms with van der Waals surface area (Å²) in [6.45, 7) is 8.78. The monoisotopic (exact) mass is 335 g/mol. The highest BCUT2D eigenvalue weighted by Crippen LogP contribution is 2.29. The molecule has 0 saturated heterocycles. The van der Waals surface area contributed by atoms with E-state index in [1.807, 2.05) is 13.8 Å². The molecular weight excluding hydrogens is 314 g/mol. The van der Waals surface area contributed by atoms with Crippen LogP contribution in [0.25, 0.3) is 5.70 Å². The second-order valence-electron chi connectivity index (χ2n) is 5.58. The van der Waals surface area contributed by atoms with Crippen molar-refractivity contribution in [3.05, 3.63) is 54.1 Å². The van der Waals surface area contributed by atoms with Crippen LogP contribution in [0.5, 0.6) is 5.75 Å². The van der Waals surface area contributed by atoms with Gasteiger partial charge in [0, 0.05) is 35.6 Å². The van der Waals surface area contributed by atoms with E-state index in [0.29, 0.717) is 29.1 Å². The van der Waals surface area contributed by atoms with Crippen molar-refractivity contribution >= 4 is 17.3 Å². The summed E-state index contributed by atoms with van der Waals surface area (Å²) < 4.78 is 7.55. The van der Waals surface area contributed by atoms with Gasteiger partial charge in [0.05, 0.1) is 12.0 Å². The average Bonchev–Trinajstić information content (AvgIpc) is 3.05. The molecular formula is C17H22ClN3O2. The largest absolute Gasteiger partial charge is 0.490 e. The van der Waals surface area contributed by atoms with Crippen molar-refractivity contribution < 1.29 is 9.84 Å². The Morgan fingerprint density at radius 1 is 1.48 bits per heavy atom. The lowest BCUT2D eigenvalue weighted by Gasteiger charge is -2.18. The Hall–Kier alpha value is -1.82. The van der Waals surface area contributed by atoms with E-state index in [4.69, 9.17) is 16.3 Å². The molecule has 0 fully saturated rings. The number of nitrogens with zero attached hydrogens (tertiary/aromatic N) is 2. The Bertz CT molecular complexity index is 641. The third kappa shape index (κ3) is 5.10. The van der Waals surface area contributed by atoms with Crippen LogP contribution in [0.1, 0.15) is 19.4 Å². The van der Waals surface area contributed by atoms with Gasteiger partial charge in [-0.2, -0.15) is 0 Å². The maximum atomic E-state index is 9.98. The number of aromatic nitrogens is 2. The second-order valence-corrected chi connectivity index (χ2v) is 6.02. The fraction of sp³-hybridized carbons (Fsp3) is 0.353. The predicted octanol–water partition coefficient (Wildman–Crippen LogP) is 2.79. The van der Waals surface area contributed by atoms with Gasteiger partial charge in [-0.05, 0) is 18.2 Å². The second kappa shape index (κ2) is 8.15. The third-order valence-corrected chi connectivity index (χ3v) is 3.50. The van der Waals surface area contributed by atoms with Crippen LogP contribution in [0.4, 0.5) is 0 Å². The fourth-order valence-corrected chi connectivity index (χ4v) is 2.20. The number of halogens is 1. The van der Waals surface area contributed by atoms with E-state index >= 15 is 0 Å². The molecule has 1 unspecified atom stereocenters. The highest BCUT2D eigenvalue weighted by atomic mass is 35.5. The van der Waals surface area contributed by atoms with E-state index in [1.54, 1.807) is 41.5 Å². The third-order valence-electron chi connectivity index (χ3n) is 3.26. The number of benzene rings is 1. The maximum Gasteiger partial charge on any atom is 0.128 e. The van der Waals surface area contributed by atoms with Crippen LogP contribution in [0.3, 0.4) is 0 Å². The molecule has 2 aromatic rings. The van der Waals surface area contributed by atoms with Crippen molar-refractivity contribution in [3.63, 3.8) is 0 Å². The highest BCUT2D eigenvalue weighted by Gasteiger charge is 2.12. The van der Waals surface area contributed by atoms with Crippen molar-refractivity contribution in [3.8, 4) is 5.75 Å². The van der Waals surface area contributed by atoms with E-state index in [1.165, 1.54) is 0 Å². The van der Waals surface area contributed by atoms with Crippen LogP contribution in [0.2, 0.25) is 5.02 Å². The van der Waals surface area contributed by atoms with Crippen LogP contribution in [0, 0.1) is 0 Å². The van der Waals surface area contributed by atoms with Gasteiger partial charge in [0.15, 0.2) is 0 Å². The number of aliphatic hydroxyl groups excluding tert-OH is 1. The van der Waals surface area contributed by atoms with Gasteiger partial charge >= 0.3 is 0 Å². The summed E-state index contributed by atoms with van der Waals surface area (Å²) in [5, 5.41) is 13.7. The molecule has 124 valence electrons. The van der Waals surface area contributed by atoms with Crippen LogP contribution in [-0.4, -0.2) is 40.0 Å². The summed E-state index contributed by atoms with van der Waals surface area (Å²) in [6, 6.07) is 5.64.